The first-order chi connectivity index (χ1) is 9.79. The molecule has 0 unspecified atom stereocenters. The molecule has 0 aliphatic carbocycles. The Balaban J connectivity index is 2.04. The first-order valence-electron chi connectivity index (χ1n) is 6.15. The summed E-state index contributed by atoms with van der Waals surface area (Å²) in [5, 5.41) is 5.73. The molecule has 0 aromatic carbocycles. The largest absolute Gasteiger partial charge is 0.435 e. The van der Waals surface area contributed by atoms with Crippen molar-refractivity contribution >= 4 is 11.9 Å². The van der Waals surface area contributed by atoms with Crippen LogP contribution < -0.4 is 5.32 Å². The summed E-state index contributed by atoms with van der Waals surface area (Å²) in [5.41, 5.74) is -0.795. The van der Waals surface area contributed by atoms with Gasteiger partial charge in [-0.05, 0) is 13.0 Å². The average Bonchev–Trinajstić information content (AvgIpc) is 2.96. The lowest BCUT2D eigenvalue weighted by Crippen LogP contribution is -2.21. The van der Waals surface area contributed by atoms with Gasteiger partial charge in [-0.15, -0.1) is 0 Å². The monoisotopic (exact) mass is 302 g/mol. The number of rotatable bonds is 4. The lowest BCUT2D eigenvalue weighted by Gasteiger charge is -2.04. The molecule has 2 aromatic heterocycles. The van der Waals surface area contributed by atoms with Crippen molar-refractivity contribution in [1.29, 1.82) is 0 Å². The van der Waals surface area contributed by atoms with Crippen molar-refractivity contribution in [3.8, 4) is 0 Å². The molecule has 21 heavy (non-hydrogen) atoms. The molecule has 1 N–H and O–H groups in total. The van der Waals surface area contributed by atoms with E-state index in [0.717, 1.165) is 10.7 Å². The van der Waals surface area contributed by atoms with Crippen LogP contribution in [0.4, 0.5) is 19.2 Å². The Bertz CT molecular complexity index is 645. The number of hydrogen-bond acceptors (Lipinski definition) is 4. The van der Waals surface area contributed by atoms with E-state index in [4.69, 9.17) is 4.42 Å². The van der Waals surface area contributed by atoms with Crippen LogP contribution in [0, 0.1) is 6.92 Å². The number of halogens is 3. The van der Waals surface area contributed by atoms with Crippen molar-refractivity contribution in [3.05, 3.63) is 29.4 Å². The summed E-state index contributed by atoms with van der Waals surface area (Å²) in [6.07, 6.45) is -2.45. The Morgan fingerprint density at radius 1 is 1.48 bits per heavy atom. The molecular weight excluding hydrogens is 289 g/mol. The zero-order valence-corrected chi connectivity index (χ0v) is 11.4. The standard InChI is InChI=1S/C12H13F3N4O2/c1-3-8-5-16-11(21-8)17-10(20)6-19-7(2)4-9(18-19)12(13,14)15/h4-5H,3,6H2,1-2H3,(H,16,17,20). The van der Waals surface area contributed by atoms with Crippen molar-refractivity contribution in [1.82, 2.24) is 14.8 Å². The number of nitrogens with one attached hydrogen (secondary N) is 1. The number of carbonyl (C=O) groups is 1. The molecule has 0 spiro atoms. The Kier molecular flexibility index (Phi) is 4.01. The summed E-state index contributed by atoms with van der Waals surface area (Å²) in [6, 6.07) is 0.894. The lowest BCUT2D eigenvalue weighted by molar-refractivity contribution is -0.141. The smallest absolute Gasteiger partial charge is 0.429 e. The predicted molar refractivity (Wildman–Crippen MR) is 66.5 cm³/mol. The highest BCUT2D eigenvalue weighted by Crippen LogP contribution is 2.28. The third-order valence-corrected chi connectivity index (χ3v) is 2.71. The number of nitrogens with zero attached hydrogens (tertiary/aromatic N) is 3. The van der Waals surface area contributed by atoms with Crippen LogP contribution in [0.2, 0.25) is 0 Å². The fraction of sp³-hybridized carbons (Fsp3) is 0.417. The van der Waals surface area contributed by atoms with Gasteiger partial charge in [-0.3, -0.25) is 14.8 Å². The minimum atomic E-state index is -4.54. The molecule has 0 fully saturated rings. The van der Waals surface area contributed by atoms with Crippen molar-refractivity contribution < 1.29 is 22.4 Å². The molecular formula is C12H13F3N4O2. The summed E-state index contributed by atoms with van der Waals surface area (Å²) in [5.74, 6) is 0.0272. The summed E-state index contributed by atoms with van der Waals surface area (Å²) >= 11 is 0. The molecule has 2 rings (SSSR count). The maximum atomic E-state index is 12.5. The van der Waals surface area contributed by atoms with Crippen LogP contribution in [0.3, 0.4) is 0 Å². The Labute approximate surface area is 118 Å². The first-order valence-corrected chi connectivity index (χ1v) is 6.15. The minimum Gasteiger partial charge on any atom is -0.429 e. The van der Waals surface area contributed by atoms with Crippen molar-refractivity contribution in [2.45, 2.75) is 33.0 Å². The predicted octanol–water partition coefficient (Wildman–Crippen LogP) is 2.40. The third-order valence-electron chi connectivity index (χ3n) is 2.71. The molecule has 0 atom stereocenters. The van der Waals surface area contributed by atoms with E-state index in [1.165, 1.54) is 13.1 Å². The summed E-state index contributed by atoms with van der Waals surface area (Å²) in [4.78, 5) is 15.6. The number of amides is 1. The van der Waals surface area contributed by atoms with Gasteiger partial charge >= 0.3 is 12.2 Å². The van der Waals surface area contributed by atoms with Gasteiger partial charge in [-0.1, -0.05) is 6.92 Å². The minimum absolute atomic E-state index is 0.0118. The lowest BCUT2D eigenvalue weighted by atomic mass is 10.3. The highest BCUT2D eigenvalue weighted by Gasteiger charge is 2.34. The maximum Gasteiger partial charge on any atom is 0.435 e. The number of oxazole rings is 1. The fourth-order valence-electron chi connectivity index (χ4n) is 1.63. The van der Waals surface area contributed by atoms with Crippen LogP contribution in [-0.2, 0) is 23.9 Å². The second kappa shape index (κ2) is 5.58. The van der Waals surface area contributed by atoms with Crippen LogP contribution in [0.25, 0.3) is 0 Å². The van der Waals surface area contributed by atoms with Gasteiger partial charge in [0.2, 0.25) is 5.91 Å². The molecule has 6 nitrogen and oxygen atoms in total. The van der Waals surface area contributed by atoms with Crippen LogP contribution in [0.1, 0.15) is 24.1 Å². The zero-order valence-electron chi connectivity index (χ0n) is 11.4. The van der Waals surface area contributed by atoms with E-state index < -0.39 is 17.8 Å². The highest BCUT2D eigenvalue weighted by atomic mass is 19.4. The quantitative estimate of drug-likeness (QED) is 0.941. The topological polar surface area (TPSA) is 73.0 Å². The number of aromatic nitrogens is 3. The number of alkyl halides is 3. The molecule has 9 heteroatoms. The van der Waals surface area contributed by atoms with Gasteiger partial charge in [0.15, 0.2) is 5.69 Å². The van der Waals surface area contributed by atoms with Crippen molar-refractivity contribution in [3.63, 3.8) is 0 Å². The average molecular weight is 302 g/mol. The fourth-order valence-corrected chi connectivity index (χ4v) is 1.63. The second-order valence-corrected chi connectivity index (χ2v) is 4.36. The van der Waals surface area contributed by atoms with E-state index >= 15 is 0 Å². The van der Waals surface area contributed by atoms with Gasteiger partial charge < -0.3 is 4.42 Å². The van der Waals surface area contributed by atoms with Gasteiger partial charge in [-0.2, -0.15) is 18.3 Å². The SMILES string of the molecule is CCc1cnc(NC(=O)Cn2nc(C(F)(F)F)cc2C)o1. The van der Waals surface area contributed by atoms with Crippen molar-refractivity contribution in [2.75, 3.05) is 5.32 Å². The summed E-state index contributed by atoms with van der Waals surface area (Å²) < 4.78 is 43.7. The summed E-state index contributed by atoms with van der Waals surface area (Å²) in [7, 11) is 0. The molecule has 2 aromatic rings. The maximum absolute atomic E-state index is 12.5. The number of hydrogen-bond donors (Lipinski definition) is 1. The number of carbonyl (C=O) groups excluding carboxylic acids is 1. The summed E-state index contributed by atoms with van der Waals surface area (Å²) in [6.45, 7) is 2.94. The van der Waals surface area contributed by atoms with E-state index in [9.17, 15) is 18.0 Å². The molecule has 0 aliphatic rings. The number of anilines is 1. The Morgan fingerprint density at radius 3 is 2.71 bits per heavy atom. The Morgan fingerprint density at radius 2 is 2.19 bits per heavy atom. The number of aryl methyl sites for hydroxylation is 2. The molecule has 114 valence electrons. The van der Waals surface area contributed by atoms with Gasteiger partial charge in [0.05, 0.1) is 6.20 Å². The Hall–Kier alpha value is -2.32. The highest BCUT2D eigenvalue weighted by molar-refractivity contribution is 5.88. The second-order valence-electron chi connectivity index (χ2n) is 4.36. The van der Waals surface area contributed by atoms with Crippen LogP contribution in [-0.4, -0.2) is 20.7 Å². The third kappa shape index (κ3) is 3.61. The molecule has 0 saturated carbocycles. The molecule has 0 saturated heterocycles. The van der Waals surface area contributed by atoms with Crippen LogP contribution in [0.15, 0.2) is 16.7 Å². The molecule has 1 amide bonds. The van der Waals surface area contributed by atoms with Crippen LogP contribution >= 0.6 is 0 Å². The van der Waals surface area contributed by atoms with E-state index in [-0.39, 0.29) is 18.3 Å². The molecule has 2 heterocycles. The van der Waals surface area contributed by atoms with Gasteiger partial charge in [-0.25, -0.2) is 4.98 Å². The van der Waals surface area contributed by atoms with Gasteiger partial charge in [0, 0.05) is 12.1 Å². The molecule has 0 aliphatic heterocycles. The van der Waals surface area contributed by atoms with Crippen molar-refractivity contribution in [2.24, 2.45) is 0 Å². The first kappa shape index (κ1) is 15.1. The normalized spacial score (nSPS) is 11.7. The van der Waals surface area contributed by atoms with Gasteiger partial charge in [0.1, 0.15) is 12.3 Å². The van der Waals surface area contributed by atoms with Crippen LogP contribution in [0.5, 0.6) is 0 Å². The van der Waals surface area contributed by atoms with E-state index in [0.29, 0.717) is 12.2 Å². The van der Waals surface area contributed by atoms with E-state index in [1.54, 1.807) is 0 Å². The van der Waals surface area contributed by atoms with Gasteiger partial charge in [0.25, 0.3) is 0 Å². The van der Waals surface area contributed by atoms with E-state index in [1.807, 2.05) is 6.92 Å². The zero-order chi connectivity index (χ0) is 15.6. The molecule has 0 radical (unpaired) electrons. The molecule has 0 bridgehead atoms. The van der Waals surface area contributed by atoms with E-state index in [2.05, 4.69) is 15.4 Å².